The van der Waals surface area contributed by atoms with E-state index in [1.165, 1.54) is 135 Å². The van der Waals surface area contributed by atoms with Crippen LogP contribution in [0, 0.1) is 5.92 Å². The molecule has 0 aliphatic carbocycles. The van der Waals surface area contributed by atoms with Crippen LogP contribution in [0.1, 0.15) is 233 Å². The minimum atomic E-state index is -0.0436. The fraction of sp³-hybridized carbons (Fsp3) is 0.956. The van der Waals surface area contributed by atoms with Crippen LogP contribution in [0.5, 0.6) is 0 Å². The molecule has 1 aliphatic heterocycles. The van der Waals surface area contributed by atoms with Gasteiger partial charge in [0.2, 0.25) is 0 Å². The van der Waals surface area contributed by atoms with Crippen molar-refractivity contribution in [3.05, 3.63) is 0 Å². The molecule has 1 heterocycles. The van der Waals surface area contributed by atoms with Gasteiger partial charge >= 0.3 is 11.9 Å². The number of nitrogens with zero attached hydrogens (tertiary/aromatic N) is 1. The lowest BCUT2D eigenvalue weighted by Crippen LogP contribution is -2.44. The smallest absolute Gasteiger partial charge is 0.306 e. The van der Waals surface area contributed by atoms with Crippen molar-refractivity contribution in [1.82, 2.24) is 4.90 Å². The number of rotatable bonds is 37. The summed E-state index contributed by atoms with van der Waals surface area (Å²) in [5.74, 6) is 0.646. The Morgan fingerprint density at radius 3 is 1.65 bits per heavy atom. The summed E-state index contributed by atoms with van der Waals surface area (Å²) in [4.78, 5) is 27.6. The van der Waals surface area contributed by atoms with Gasteiger partial charge in [0, 0.05) is 25.4 Å². The molecule has 1 aliphatic rings. The average Bonchev–Trinajstić information content (AvgIpc) is 3.13. The van der Waals surface area contributed by atoms with Crippen molar-refractivity contribution in [3.8, 4) is 0 Å². The summed E-state index contributed by atoms with van der Waals surface area (Å²) in [7, 11) is 0. The molecular weight excluding hydrogens is 634 g/mol. The minimum absolute atomic E-state index is 0.0132. The van der Waals surface area contributed by atoms with Gasteiger partial charge in [-0.25, -0.2) is 0 Å². The average molecular weight is 722 g/mol. The zero-order chi connectivity index (χ0) is 37.0. The topological polar surface area (TPSA) is 76.1 Å². The van der Waals surface area contributed by atoms with Gasteiger partial charge in [0.15, 0.2) is 0 Å². The fourth-order valence-corrected chi connectivity index (χ4v) is 8.00. The van der Waals surface area contributed by atoms with Gasteiger partial charge in [0.05, 0.1) is 13.2 Å². The molecule has 2 unspecified atom stereocenters. The summed E-state index contributed by atoms with van der Waals surface area (Å²) < 4.78 is 11.6. The van der Waals surface area contributed by atoms with E-state index in [1.54, 1.807) is 0 Å². The lowest BCUT2D eigenvalue weighted by Gasteiger charge is -2.39. The number of ether oxygens (including phenoxy) is 2. The highest BCUT2D eigenvalue weighted by Crippen LogP contribution is 2.30. The van der Waals surface area contributed by atoms with Gasteiger partial charge in [0.25, 0.3) is 0 Å². The van der Waals surface area contributed by atoms with Crippen molar-refractivity contribution in [2.24, 2.45) is 5.92 Å². The summed E-state index contributed by atoms with van der Waals surface area (Å²) in [5, 5.41) is 9.66. The lowest BCUT2D eigenvalue weighted by molar-refractivity contribution is -0.150. The number of hydrogen-bond acceptors (Lipinski definition) is 6. The number of esters is 2. The van der Waals surface area contributed by atoms with Crippen molar-refractivity contribution in [3.63, 3.8) is 0 Å². The Hall–Kier alpha value is -1.14. The van der Waals surface area contributed by atoms with Crippen molar-refractivity contribution in [1.29, 1.82) is 0 Å². The van der Waals surface area contributed by atoms with E-state index in [2.05, 4.69) is 25.7 Å². The number of aliphatic hydroxyl groups is 1. The number of piperidine rings is 1. The summed E-state index contributed by atoms with van der Waals surface area (Å²) in [6.07, 6.45) is 38.5. The number of carbonyl (C=O) groups is 2. The van der Waals surface area contributed by atoms with Gasteiger partial charge in [-0.1, -0.05) is 156 Å². The van der Waals surface area contributed by atoms with Crippen molar-refractivity contribution < 1.29 is 24.2 Å². The van der Waals surface area contributed by atoms with Crippen molar-refractivity contribution >= 4 is 11.9 Å². The van der Waals surface area contributed by atoms with E-state index in [9.17, 15) is 14.7 Å². The van der Waals surface area contributed by atoms with Crippen LogP contribution in [0.15, 0.2) is 0 Å². The summed E-state index contributed by atoms with van der Waals surface area (Å²) in [6, 6.07) is 0.476. The largest absolute Gasteiger partial charge is 0.466 e. The van der Waals surface area contributed by atoms with Crippen LogP contribution in [0.25, 0.3) is 0 Å². The van der Waals surface area contributed by atoms with Gasteiger partial charge in [-0.3, -0.25) is 14.5 Å². The molecule has 0 aromatic heterocycles. The van der Waals surface area contributed by atoms with E-state index in [-0.39, 0.29) is 24.6 Å². The van der Waals surface area contributed by atoms with E-state index in [4.69, 9.17) is 9.47 Å². The van der Waals surface area contributed by atoms with Gasteiger partial charge in [0.1, 0.15) is 6.10 Å². The highest BCUT2D eigenvalue weighted by Gasteiger charge is 2.27. The van der Waals surface area contributed by atoms with Gasteiger partial charge in [-0.15, -0.1) is 0 Å². The molecule has 1 saturated heterocycles. The Labute approximate surface area is 317 Å². The summed E-state index contributed by atoms with van der Waals surface area (Å²) >= 11 is 0. The normalized spacial score (nSPS) is 16.6. The molecule has 51 heavy (non-hydrogen) atoms. The number of β-amino-alcohol motifs (C(OH)–C–C–N with tert-alkyl or cyclic N) is 1. The predicted molar refractivity (Wildman–Crippen MR) is 216 cm³/mol. The third kappa shape index (κ3) is 29.0. The first-order chi connectivity index (χ1) is 25.0. The third-order valence-corrected chi connectivity index (χ3v) is 11.3. The third-order valence-electron chi connectivity index (χ3n) is 11.3. The standard InChI is InChI=1S/C45H87NO5/c1-4-7-10-13-16-17-18-21-28-39-50-44(48)33-27-25-30-42-40-41(35-36-46(42)37-38-47)29-24-26-34-45(49)51-43(31-22-19-14-11-8-5-2)32-23-20-15-12-9-6-3/h41-43,47H,4-40H2,1-3H3. The number of carbonyl (C=O) groups excluding carboxylic acids is 2. The van der Waals surface area contributed by atoms with E-state index in [0.29, 0.717) is 31.4 Å². The Balaban J connectivity index is 2.28. The molecule has 1 fully saturated rings. The quantitative estimate of drug-likeness (QED) is 0.0508. The first-order valence-corrected chi connectivity index (χ1v) is 22.7. The van der Waals surface area contributed by atoms with E-state index < -0.39 is 0 Å². The van der Waals surface area contributed by atoms with E-state index in [1.807, 2.05) is 0 Å². The van der Waals surface area contributed by atoms with Crippen LogP contribution < -0.4 is 0 Å². The predicted octanol–water partition coefficient (Wildman–Crippen LogP) is 12.7. The Morgan fingerprint density at radius 2 is 1.10 bits per heavy atom. The molecule has 302 valence electrons. The highest BCUT2D eigenvalue weighted by atomic mass is 16.5. The molecule has 1 N–H and O–H groups in total. The molecule has 0 amide bonds. The van der Waals surface area contributed by atoms with Crippen LogP contribution in [0.2, 0.25) is 0 Å². The van der Waals surface area contributed by atoms with Gasteiger partial charge in [-0.05, 0) is 76.7 Å². The molecule has 0 aromatic rings. The molecule has 6 nitrogen and oxygen atoms in total. The first kappa shape index (κ1) is 47.9. The second-order valence-corrected chi connectivity index (χ2v) is 16.1. The van der Waals surface area contributed by atoms with Gasteiger partial charge in [-0.2, -0.15) is 0 Å². The molecule has 1 rings (SSSR count). The number of likely N-dealkylation sites (tertiary alicyclic amines) is 1. The zero-order valence-corrected chi connectivity index (χ0v) is 34.4. The zero-order valence-electron chi connectivity index (χ0n) is 34.4. The van der Waals surface area contributed by atoms with Crippen LogP contribution in [0.4, 0.5) is 0 Å². The number of hydrogen-bond donors (Lipinski definition) is 1. The molecule has 0 radical (unpaired) electrons. The maximum Gasteiger partial charge on any atom is 0.306 e. The maximum absolute atomic E-state index is 12.9. The molecule has 0 bridgehead atoms. The SMILES string of the molecule is CCCCCCCCCCCOC(=O)CCCCC1CC(CCCCC(=O)OC(CCCCCCCC)CCCCCCCC)CCN1CCO. The Kier molecular flexibility index (Phi) is 33.7. The van der Waals surface area contributed by atoms with E-state index >= 15 is 0 Å². The molecule has 6 heteroatoms. The Bertz CT molecular complexity index is 760. The first-order valence-electron chi connectivity index (χ1n) is 22.7. The monoisotopic (exact) mass is 722 g/mol. The Morgan fingerprint density at radius 1 is 0.608 bits per heavy atom. The maximum atomic E-state index is 12.9. The fourth-order valence-electron chi connectivity index (χ4n) is 8.00. The molecule has 0 spiro atoms. The number of unbranched alkanes of at least 4 members (excludes halogenated alkanes) is 20. The lowest BCUT2D eigenvalue weighted by atomic mass is 9.85. The minimum Gasteiger partial charge on any atom is -0.466 e. The van der Waals surface area contributed by atoms with Gasteiger partial charge < -0.3 is 14.6 Å². The molecular formula is C45H87NO5. The summed E-state index contributed by atoms with van der Waals surface area (Å²) in [6.45, 7) is 9.33. The van der Waals surface area contributed by atoms with Crippen LogP contribution in [-0.2, 0) is 19.1 Å². The molecule has 0 saturated carbocycles. The second kappa shape index (κ2) is 35.9. The molecule has 2 atom stereocenters. The van der Waals surface area contributed by atoms with E-state index in [0.717, 1.165) is 77.3 Å². The van der Waals surface area contributed by atoms with Crippen molar-refractivity contribution in [2.45, 2.75) is 245 Å². The second-order valence-electron chi connectivity index (χ2n) is 16.1. The van der Waals surface area contributed by atoms with Crippen molar-refractivity contribution in [2.75, 3.05) is 26.3 Å². The van der Waals surface area contributed by atoms with Crippen LogP contribution in [-0.4, -0.2) is 60.4 Å². The number of aliphatic hydroxyl groups excluding tert-OH is 1. The summed E-state index contributed by atoms with van der Waals surface area (Å²) in [5.41, 5.74) is 0. The van der Waals surface area contributed by atoms with Crippen LogP contribution >= 0.6 is 0 Å². The highest BCUT2D eigenvalue weighted by molar-refractivity contribution is 5.69. The molecule has 0 aromatic carbocycles. The van der Waals surface area contributed by atoms with Crippen LogP contribution in [0.3, 0.4) is 0 Å².